The van der Waals surface area contributed by atoms with Gasteiger partial charge in [0.05, 0.1) is 0 Å². The Bertz CT molecular complexity index is 855. The van der Waals surface area contributed by atoms with Gasteiger partial charge in [-0.1, -0.05) is 84.2 Å². The minimum absolute atomic E-state index is 0.00808. The molecule has 1 aliphatic carbocycles. The molecule has 3 rings (SSSR count). The summed E-state index contributed by atoms with van der Waals surface area (Å²) in [5.74, 6) is 0. The molecule has 0 unspecified atom stereocenters. The van der Waals surface area contributed by atoms with Gasteiger partial charge < -0.3 is 0 Å². The van der Waals surface area contributed by atoms with E-state index >= 15 is 0 Å². The smallest absolute Gasteiger partial charge is 0.0159 e. The molecular formula is C24H28. The van der Waals surface area contributed by atoms with Gasteiger partial charge in [0.25, 0.3) is 0 Å². The van der Waals surface area contributed by atoms with Gasteiger partial charge in [-0.15, -0.1) is 0 Å². The van der Waals surface area contributed by atoms with Gasteiger partial charge in [0.1, 0.15) is 0 Å². The van der Waals surface area contributed by atoms with E-state index < -0.39 is 0 Å². The van der Waals surface area contributed by atoms with Crippen molar-refractivity contribution in [2.75, 3.05) is 0 Å². The third kappa shape index (κ3) is 2.20. The van der Waals surface area contributed by atoms with Crippen LogP contribution in [0.1, 0.15) is 68.0 Å². The second-order valence-electron chi connectivity index (χ2n) is 8.49. The molecule has 0 saturated carbocycles. The highest BCUT2D eigenvalue weighted by molar-refractivity contribution is 5.91. The first-order valence-electron chi connectivity index (χ1n) is 8.71. The normalized spacial score (nSPS) is 14.9. The van der Waals surface area contributed by atoms with Crippen LogP contribution in [0.5, 0.6) is 0 Å². The molecule has 0 amide bonds. The third-order valence-electron chi connectivity index (χ3n) is 5.52. The van der Waals surface area contributed by atoms with Crippen LogP contribution >= 0.6 is 0 Å². The van der Waals surface area contributed by atoms with E-state index in [1.165, 1.54) is 44.5 Å². The minimum atomic E-state index is 0.00808. The van der Waals surface area contributed by atoms with Crippen molar-refractivity contribution in [2.24, 2.45) is 0 Å². The van der Waals surface area contributed by atoms with Gasteiger partial charge in [-0.25, -0.2) is 0 Å². The molecule has 0 atom stereocenters. The Morgan fingerprint density at radius 3 is 2.08 bits per heavy atom. The summed E-state index contributed by atoms with van der Waals surface area (Å²) < 4.78 is 0. The lowest BCUT2D eigenvalue weighted by Gasteiger charge is -2.25. The van der Waals surface area contributed by atoms with Crippen molar-refractivity contribution in [3.8, 4) is 11.1 Å². The topological polar surface area (TPSA) is 0 Å². The first-order valence-corrected chi connectivity index (χ1v) is 8.71. The molecule has 0 spiro atoms. The van der Waals surface area contributed by atoms with E-state index in [1.54, 1.807) is 0 Å². The summed E-state index contributed by atoms with van der Waals surface area (Å²) in [4.78, 5) is 0. The van der Waals surface area contributed by atoms with Gasteiger partial charge in [-0.05, 0) is 56.8 Å². The average Bonchev–Trinajstić information content (AvgIpc) is 2.73. The lowest BCUT2D eigenvalue weighted by atomic mass is 9.78. The predicted octanol–water partition coefficient (Wildman–Crippen LogP) is 6.88. The van der Waals surface area contributed by atoms with Crippen molar-refractivity contribution in [2.45, 2.75) is 52.4 Å². The molecule has 0 nitrogen and oxygen atoms in total. The molecule has 0 heteroatoms. The highest BCUT2D eigenvalue weighted by Gasteiger charge is 2.38. The SMILES string of the molecule is C=Cc1c(C)cc2c(c1C=C)-c1ccc(C(C)(C)C)cc1C2(C)C. The maximum atomic E-state index is 4.09. The first-order chi connectivity index (χ1) is 11.1. The molecule has 0 radical (unpaired) electrons. The summed E-state index contributed by atoms with van der Waals surface area (Å²) in [6.45, 7) is 21.8. The van der Waals surface area contributed by atoms with Crippen LogP contribution in [0.4, 0.5) is 0 Å². The lowest BCUT2D eigenvalue weighted by molar-refractivity contribution is 0.584. The highest BCUT2D eigenvalue weighted by atomic mass is 14.4. The molecule has 2 aromatic carbocycles. The monoisotopic (exact) mass is 316 g/mol. The Morgan fingerprint density at radius 1 is 0.917 bits per heavy atom. The second kappa shape index (κ2) is 5.21. The zero-order chi connectivity index (χ0) is 17.9. The van der Waals surface area contributed by atoms with Gasteiger partial charge in [-0.3, -0.25) is 0 Å². The third-order valence-corrected chi connectivity index (χ3v) is 5.52. The molecule has 24 heavy (non-hydrogen) atoms. The van der Waals surface area contributed by atoms with Crippen molar-refractivity contribution in [3.63, 3.8) is 0 Å². The van der Waals surface area contributed by atoms with Crippen LogP contribution in [0.3, 0.4) is 0 Å². The summed E-state index contributed by atoms with van der Waals surface area (Å²) in [7, 11) is 0. The molecule has 0 N–H and O–H groups in total. The number of benzene rings is 2. The number of hydrogen-bond donors (Lipinski definition) is 0. The van der Waals surface area contributed by atoms with Gasteiger partial charge in [0.15, 0.2) is 0 Å². The Morgan fingerprint density at radius 2 is 1.54 bits per heavy atom. The fraction of sp³-hybridized carbons (Fsp3) is 0.333. The zero-order valence-corrected chi connectivity index (χ0v) is 15.9. The standard InChI is InChI=1S/C24H28/c1-9-17-15(3)13-21-22(18(17)10-2)19-12-11-16(23(4,5)6)14-20(19)24(21,7)8/h9-14H,1-2H2,3-8H3. The quantitative estimate of drug-likeness (QED) is 0.566. The molecule has 0 saturated heterocycles. The summed E-state index contributed by atoms with van der Waals surface area (Å²) in [5, 5.41) is 0. The van der Waals surface area contributed by atoms with E-state index in [2.05, 4.69) is 79.0 Å². The van der Waals surface area contributed by atoms with Crippen LogP contribution in [0.25, 0.3) is 23.3 Å². The number of hydrogen-bond acceptors (Lipinski definition) is 0. The van der Waals surface area contributed by atoms with Crippen LogP contribution in [0.15, 0.2) is 37.4 Å². The molecule has 0 heterocycles. The fourth-order valence-corrected chi connectivity index (χ4v) is 4.02. The van der Waals surface area contributed by atoms with Crippen molar-refractivity contribution in [1.82, 2.24) is 0 Å². The Balaban J connectivity index is 2.41. The molecule has 0 bridgehead atoms. The summed E-state index contributed by atoms with van der Waals surface area (Å²) in [5.41, 5.74) is 10.8. The van der Waals surface area contributed by atoms with E-state index in [0.29, 0.717) is 0 Å². The van der Waals surface area contributed by atoms with Crippen LogP contribution in [-0.4, -0.2) is 0 Å². The molecule has 0 fully saturated rings. The highest BCUT2D eigenvalue weighted by Crippen LogP contribution is 2.52. The van der Waals surface area contributed by atoms with E-state index in [-0.39, 0.29) is 10.8 Å². The van der Waals surface area contributed by atoms with Crippen molar-refractivity contribution >= 4 is 12.2 Å². The summed E-state index contributed by atoms with van der Waals surface area (Å²) >= 11 is 0. The Hall–Kier alpha value is -2.08. The average molecular weight is 316 g/mol. The lowest BCUT2D eigenvalue weighted by Crippen LogP contribution is -2.18. The van der Waals surface area contributed by atoms with Gasteiger partial charge in [0.2, 0.25) is 0 Å². The minimum Gasteiger partial charge on any atom is -0.0984 e. The van der Waals surface area contributed by atoms with Crippen LogP contribution in [0.2, 0.25) is 0 Å². The van der Waals surface area contributed by atoms with Gasteiger partial charge >= 0.3 is 0 Å². The molecule has 124 valence electrons. The fourth-order valence-electron chi connectivity index (χ4n) is 4.02. The Kier molecular flexibility index (Phi) is 3.64. The molecule has 0 aliphatic heterocycles. The van der Waals surface area contributed by atoms with Crippen LogP contribution < -0.4 is 0 Å². The molecule has 2 aromatic rings. The van der Waals surface area contributed by atoms with Crippen molar-refractivity contribution in [3.05, 3.63) is 70.8 Å². The number of aryl methyl sites for hydroxylation is 1. The maximum Gasteiger partial charge on any atom is 0.0159 e. The van der Waals surface area contributed by atoms with E-state index in [4.69, 9.17) is 0 Å². The first kappa shape index (κ1) is 16.8. The molecular weight excluding hydrogens is 288 g/mol. The summed E-state index contributed by atoms with van der Waals surface area (Å²) in [6.07, 6.45) is 3.95. The largest absolute Gasteiger partial charge is 0.0984 e. The van der Waals surface area contributed by atoms with E-state index in [0.717, 1.165) is 0 Å². The van der Waals surface area contributed by atoms with Crippen molar-refractivity contribution < 1.29 is 0 Å². The maximum absolute atomic E-state index is 4.09. The van der Waals surface area contributed by atoms with Gasteiger partial charge in [-0.2, -0.15) is 0 Å². The van der Waals surface area contributed by atoms with E-state index in [9.17, 15) is 0 Å². The van der Waals surface area contributed by atoms with Crippen LogP contribution in [0, 0.1) is 6.92 Å². The summed E-state index contributed by atoms with van der Waals surface area (Å²) in [6, 6.07) is 9.34. The molecule has 1 aliphatic rings. The zero-order valence-electron chi connectivity index (χ0n) is 15.9. The molecule has 0 aromatic heterocycles. The van der Waals surface area contributed by atoms with Crippen molar-refractivity contribution in [1.29, 1.82) is 0 Å². The second-order valence-corrected chi connectivity index (χ2v) is 8.49. The number of fused-ring (bicyclic) bond motifs is 3. The van der Waals surface area contributed by atoms with Gasteiger partial charge in [0, 0.05) is 5.41 Å². The van der Waals surface area contributed by atoms with E-state index in [1.807, 2.05) is 12.2 Å². The van der Waals surface area contributed by atoms with Crippen LogP contribution in [-0.2, 0) is 10.8 Å². The number of rotatable bonds is 2. The Labute approximate surface area is 146 Å². The predicted molar refractivity (Wildman–Crippen MR) is 108 cm³/mol.